The fourth-order valence-electron chi connectivity index (χ4n) is 3.62. The van der Waals surface area contributed by atoms with Gasteiger partial charge in [0.25, 0.3) is 0 Å². The highest BCUT2D eigenvalue weighted by Gasteiger charge is 2.35. The Morgan fingerprint density at radius 2 is 1.81 bits per heavy atom. The number of alkyl halides is 2. The van der Waals surface area contributed by atoms with Gasteiger partial charge in [0, 0.05) is 12.1 Å². The summed E-state index contributed by atoms with van der Waals surface area (Å²) in [6, 6.07) is 11.4. The minimum absolute atomic E-state index is 0.0732. The van der Waals surface area contributed by atoms with E-state index in [4.69, 9.17) is 9.84 Å². The first-order chi connectivity index (χ1) is 14.7. The summed E-state index contributed by atoms with van der Waals surface area (Å²) in [6.45, 7) is -0.687. The van der Waals surface area contributed by atoms with Gasteiger partial charge in [0.15, 0.2) is 16.4 Å². The number of rotatable bonds is 9. The van der Waals surface area contributed by atoms with Gasteiger partial charge in [0.1, 0.15) is 5.75 Å². The van der Waals surface area contributed by atoms with Crippen molar-refractivity contribution in [3.63, 3.8) is 0 Å². The van der Waals surface area contributed by atoms with E-state index in [1.54, 1.807) is 12.1 Å². The predicted octanol–water partition coefficient (Wildman–Crippen LogP) is 4.38. The van der Waals surface area contributed by atoms with Crippen molar-refractivity contribution in [1.82, 2.24) is 5.32 Å². The van der Waals surface area contributed by atoms with Gasteiger partial charge in [0.2, 0.25) is 0 Å². The largest absolute Gasteiger partial charge is 0.487 e. The van der Waals surface area contributed by atoms with Crippen LogP contribution in [-0.4, -0.2) is 38.0 Å². The van der Waals surface area contributed by atoms with Gasteiger partial charge in [-0.15, -0.1) is 0 Å². The maximum atomic E-state index is 14.7. The standard InChI is InChI=1S/C22H25F2NO5S/c23-22(24,15-30-18-10-8-16(9-11-18)12-13-25-21(26)27)17-4-3-7-20(14-17)31(28,29)19-5-1-2-6-19/h3-4,7-11,14,19,25H,1-2,5-6,12-13,15H2,(H,26,27). The molecule has 1 amide bonds. The Hall–Kier alpha value is -2.68. The average molecular weight is 454 g/mol. The van der Waals surface area contributed by atoms with Gasteiger partial charge >= 0.3 is 12.0 Å². The Kier molecular flexibility index (Phi) is 7.15. The van der Waals surface area contributed by atoms with E-state index in [9.17, 15) is 22.0 Å². The van der Waals surface area contributed by atoms with E-state index >= 15 is 0 Å². The van der Waals surface area contributed by atoms with Gasteiger partial charge < -0.3 is 15.2 Å². The van der Waals surface area contributed by atoms with Crippen LogP contribution in [0.15, 0.2) is 53.4 Å². The molecule has 31 heavy (non-hydrogen) atoms. The molecule has 1 aliphatic rings. The fourth-order valence-corrected chi connectivity index (χ4v) is 5.51. The van der Waals surface area contributed by atoms with Crippen LogP contribution in [0.2, 0.25) is 0 Å². The minimum atomic E-state index is -3.62. The number of hydrogen-bond acceptors (Lipinski definition) is 4. The maximum Gasteiger partial charge on any atom is 0.404 e. The highest BCUT2D eigenvalue weighted by molar-refractivity contribution is 7.92. The topological polar surface area (TPSA) is 92.7 Å². The molecular formula is C22H25F2NO5S. The minimum Gasteiger partial charge on any atom is -0.487 e. The third-order valence-electron chi connectivity index (χ3n) is 5.36. The molecule has 0 bridgehead atoms. The van der Waals surface area contributed by atoms with Crippen LogP contribution in [0, 0.1) is 0 Å². The van der Waals surface area contributed by atoms with Crippen molar-refractivity contribution < 1.29 is 31.8 Å². The number of carboxylic acid groups (broad SMARTS) is 1. The first kappa shape index (κ1) is 23.0. The van der Waals surface area contributed by atoms with Crippen LogP contribution in [-0.2, 0) is 22.2 Å². The summed E-state index contributed by atoms with van der Waals surface area (Å²) in [5.41, 5.74) is 0.431. The average Bonchev–Trinajstić information content (AvgIpc) is 3.29. The molecule has 2 N–H and O–H groups in total. The number of benzene rings is 2. The Morgan fingerprint density at radius 3 is 2.45 bits per heavy atom. The molecule has 6 nitrogen and oxygen atoms in total. The second-order valence-electron chi connectivity index (χ2n) is 7.60. The molecule has 1 saturated carbocycles. The van der Waals surface area contributed by atoms with Crippen molar-refractivity contribution in [3.05, 3.63) is 59.7 Å². The van der Waals surface area contributed by atoms with E-state index in [1.807, 2.05) is 0 Å². The maximum absolute atomic E-state index is 14.7. The lowest BCUT2D eigenvalue weighted by Gasteiger charge is -2.19. The molecule has 1 fully saturated rings. The lowest BCUT2D eigenvalue weighted by Crippen LogP contribution is -2.24. The lowest BCUT2D eigenvalue weighted by atomic mass is 10.1. The molecule has 0 aliphatic heterocycles. The number of sulfone groups is 1. The third kappa shape index (κ3) is 5.94. The molecule has 3 rings (SSSR count). The monoisotopic (exact) mass is 453 g/mol. The molecule has 2 aromatic rings. The van der Waals surface area contributed by atoms with Gasteiger partial charge in [-0.05, 0) is 49.1 Å². The number of nitrogens with one attached hydrogen (secondary N) is 1. The highest BCUT2D eigenvalue weighted by atomic mass is 32.2. The van der Waals surface area contributed by atoms with Crippen molar-refractivity contribution in [2.24, 2.45) is 0 Å². The normalized spacial score (nSPS) is 15.0. The summed E-state index contributed by atoms with van der Waals surface area (Å²) in [5.74, 6) is -3.13. The second kappa shape index (κ2) is 9.64. The van der Waals surface area contributed by atoms with E-state index in [2.05, 4.69) is 5.32 Å². The Bertz CT molecular complexity index is 1000. The van der Waals surface area contributed by atoms with Gasteiger partial charge in [-0.1, -0.05) is 37.1 Å². The van der Waals surface area contributed by atoms with E-state index in [1.165, 1.54) is 30.3 Å². The van der Waals surface area contributed by atoms with Gasteiger partial charge in [-0.2, -0.15) is 8.78 Å². The van der Waals surface area contributed by atoms with Crippen LogP contribution in [0.4, 0.5) is 13.6 Å². The molecule has 2 aromatic carbocycles. The van der Waals surface area contributed by atoms with Gasteiger partial charge in [0.05, 0.1) is 10.1 Å². The van der Waals surface area contributed by atoms with Crippen LogP contribution in [0.5, 0.6) is 5.75 Å². The predicted molar refractivity (Wildman–Crippen MR) is 111 cm³/mol. The molecule has 0 spiro atoms. The molecule has 1 aliphatic carbocycles. The van der Waals surface area contributed by atoms with Gasteiger partial charge in [-0.3, -0.25) is 0 Å². The number of ether oxygens (including phenoxy) is 1. The number of hydrogen-bond donors (Lipinski definition) is 2. The summed E-state index contributed by atoms with van der Waals surface area (Å²) >= 11 is 0. The molecule has 0 unspecified atom stereocenters. The number of carbonyl (C=O) groups is 1. The Labute approximate surface area is 180 Å². The fraction of sp³-hybridized carbons (Fsp3) is 0.409. The first-order valence-corrected chi connectivity index (χ1v) is 11.6. The van der Waals surface area contributed by atoms with Crippen molar-refractivity contribution in [1.29, 1.82) is 0 Å². The van der Waals surface area contributed by atoms with Crippen LogP contribution in [0.1, 0.15) is 36.8 Å². The van der Waals surface area contributed by atoms with E-state index in [0.717, 1.165) is 24.5 Å². The smallest absolute Gasteiger partial charge is 0.404 e. The molecule has 0 radical (unpaired) electrons. The van der Waals surface area contributed by atoms with E-state index in [-0.39, 0.29) is 17.2 Å². The van der Waals surface area contributed by atoms with Crippen LogP contribution >= 0.6 is 0 Å². The molecule has 9 heteroatoms. The summed E-state index contributed by atoms with van der Waals surface area (Å²) in [4.78, 5) is 10.4. The Balaban J connectivity index is 1.64. The molecular weight excluding hydrogens is 428 g/mol. The SMILES string of the molecule is O=C(O)NCCc1ccc(OCC(F)(F)c2cccc(S(=O)(=O)C3CCCC3)c2)cc1. The molecule has 168 valence electrons. The third-order valence-corrected chi connectivity index (χ3v) is 7.62. The quantitative estimate of drug-likeness (QED) is 0.588. The van der Waals surface area contributed by atoms with Crippen molar-refractivity contribution in [2.75, 3.05) is 13.2 Å². The van der Waals surface area contributed by atoms with Crippen LogP contribution < -0.4 is 10.1 Å². The lowest BCUT2D eigenvalue weighted by molar-refractivity contribution is -0.0468. The molecule has 0 saturated heterocycles. The summed E-state index contributed by atoms with van der Waals surface area (Å²) in [5, 5.41) is 10.3. The highest BCUT2D eigenvalue weighted by Crippen LogP contribution is 2.34. The number of halogens is 2. The van der Waals surface area contributed by atoms with Crippen molar-refractivity contribution in [3.8, 4) is 5.75 Å². The zero-order valence-corrected chi connectivity index (χ0v) is 17.7. The van der Waals surface area contributed by atoms with Crippen LogP contribution in [0.3, 0.4) is 0 Å². The van der Waals surface area contributed by atoms with Crippen molar-refractivity contribution >= 4 is 15.9 Å². The number of amides is 1. The van der Waals surface area contributed by atoms with Crippen LogP contribution in [0.25, 0.3) is 0 Å². The van der Waals surface area contributed by atoms with E-state index < -0.39 is 39.3 Å². The zero-order chi connectivity index (χ0) is 22.5. The van der Waals surface area contributed by atoms with E-state index in [0.29, 0.717) is 19.3 Å². The molecule has 0 aromatic heterocycles. The summed E-state index contributed by atoms with van der Waals surface area (Å²) in [7, 11) is -3.62. The van der Waals surface area contributed by atoms with Crippen molar-refractivity contribution in [2.45, 2.75) is 48.2 Å². The first-order valence-electron chi connectivity index (χ1n) is 10.1. The molecule has 0 atom stereocenters. The Morgan fingerprint density at radius 1 is 1.13 bits per heavy atom. The zero-order valence-electron chi connectivity index (χ0n) is 16.9. The molecule has 0 heterocycles. The van der Waals surface area contributed by atoms with Gasteiger partial charge in [-0.25, -0.2) is 13.2 Å². The second-order valence-corrected chi connectivity index (χ2v) is 9.83. The summed E-state index contributed by atoms with van der Waals surface area (Å²) < 4.78 is 60.1. The summed E-state index contributed by atoms with van der Waals surface area (Å²) in [6.07, 6.45) is 2.15.